The van der Waals surface area contributed by atoms with Gasteiger partial charge in [0.2, 0.25) is 0 Å². The van der Waals surface area contributed by atoms with Gasteiger partial charge in [-0.1, -0.05) is 0 Å². The first kappa shape index (κ1) is 15.6. The van der Waals surface area contributed by atoms with E-state index in [0.29, 0.717) is 6.07 Å². The van der Waals surface area contributed by atoms with Crippen LogP contribution in [0.4, 0.5) is 24.5 Å². The fraction of sp³-hybridized carbons (Fsp3) is 0.167. The predicted octanol–water partition coefficient (Wildman–Crippen LogP) is 3.46. The Labute approximate surface area is 123 Å². The molecular weight excluding hydrogens is 325 g/mol. The molecule has 0 aliphatic carbocycles. The van der Waals surface area contributed by atoms with E-state index < -0.39 is 21.8 Å². The molecule has 0 aliphatic rings. The van der Waals surface area contributed by atoms with Crippen LogP contribution in [-0.2, 0) is 16.2 Å². The average molecular weight is 336 g/mol. The SMILES string of the molecule is Cc1ccc(S(=O)(=O)Nc2ccc(C(F)(F)F)cc2N)s1. The Balaban J connectivity index is 2.32. The lowest BCUT2D eigenvalue weighted by atomic mass is 10.2. The van der Waals surface area contributed by atoms with Crippen molar-refractivity contribution < 1.29 is 21.6 Å². The largest absolute Gasteiger partial charge is 0.416 e. The van der Waals surface area contributed by atoms with E-state index in [0.717, 1.165) is 28.3 Å². The molecule has 9 heteroatoms. The molecular formula is C12H11F3N2O2S2. The Bertz CT molecular complexity index is 767. The summed E-state index contributed by atoms with van der Waals surface area (Å²) in [6.07, 6.45) is -4.53. The van der Waals surface area contributed by atoms with Gasteiger partial charge in [-0.25, -0.2) is 8.42 Å². The first-order chi connectivity index (χ1) is 9.59. The van der Waals surface area contributed by atoms with Gasteiger partial charge in [0.1, 0.15) is 4.21 Å². The fourth-order valence-electron chi connectivity index (χ4n) is 1.58. The summed E-state index contributed by atoms with van der Waals surface area (Å²) < 4.78 is 63.9. The summed E-state index contributed by atoms with van der Waals surface area (Å²) in [4.78, 5) is 0.802. The quantitative estimate of drug-likeness (QED) is 0.843. The van der Waals surface area contributed by atoms with E-state index in [1.165, 1.54) is 6.07 Å². The van der Waals surface area contributed by atoms with Crippen LogP contribution in [0.3, 0.4) is 0 Å². The van der Waals surface area contributed by atoms with E-state index in [1.54, 1.807) is 13.0 Å². The lowest BCUT2D eigenvalue weighted by Crippen LogP contribution is -2.14. The molecule has 3 N–H and O–H groups in total. The first-order valence-electron chi connectivity index (χ1n) is 5.65. The second-order valence-corrected chi connectivity index (χ2v) is 7.47. The minimum atomic E-state index is -4.53. The molecule has 0 fully saturated rings. The molecule has 114 valence electrons. The fourth-order valence-corrected chi connectivity index (χ4v) is 3.95. The molecule has 0 radical (unpaired) electrons. The topological polar surface area (TPSA) is 72.2 Å². The van der Waals surface area contributed by atoms with Crippen molar-refractivity contribution in [2.45, 2.75) is 17.3 Å². The van der Waals surface area contributed by atoms with Crippen LogP contribution in [-0.4, -0.2) is 8.42 Å². The van der Waals surface area contributed by atoms with Gasteiger partial charge in [0.25, 0.3) is 10.0 Å². The second-order valence-electron chi connectivity index (χ2n) is 4.27. The van der Waals surface area contributed by atoms with Crippen LogP contribution in [0.15, 0.2) is 34.5 Å². The lowest BCUT2D eigenvalue weighted by molar-refractivity contribution is -0.137. The summed E-state index contributed by atoms with van der Waals surface area (Å²) in [5.74, 6) is 0. The number of rotatable bonds is 3. The Morgan fingerprint density at radius 2 is 1.86 bits per heavy atom. The third-order valence-electron chi connectivity index (χ3n) is 2.60. The van der Waals surface area contributed by atoms with E-state index in [9.17, 15) is 21.6 Å². The Kier molecular flexibility index (Phi) is 3.89. The third-order valence-corrected chi connectivity index (χ3v) is 5.46. The highest BCUT2D eigenvalue weighted by molar-refractivity contribution is 7.94. The van der Waals surface area contributed by atoms with Gasteiger partial charge in [0, 0.05) is 4.88 Å². The number of thiophene rings is 1. The van der Waals surface area contributed by atoms with Crippen molar-refractivity contribution in [2.24, 2.45) is 0 Å². The number of benzene rings is 1. The number of nitrogens with one attached hydrogen (secondary N) is 1. The molecule has 1 heterocycles. The molecule has 1 aromatic carbocycles. The maximum atomic E-state index is 12.5. The molecule has 21 heavy (non-hydrogen) atoms. The second kappa shape index (κ2) is 5.23. The van der Waals surface area contributed by atoms with Gasteiger partial charge in [0.05, 0.1) is 16.9 Å². The number of hydrogen-bond donors (Lipinski definition) is 2. The van der Waals surface area contributed by atoms with Crippen LogP contribution in [0.1, 0.15) is 10.4 Å². The molecule has 0 saturated heterocycles. The number of nitrogen functional groups attached to an aromatic ring is 1. The van der Waals surface area contributed by atoms with Crippen LogP contribution in [0.5, 0.6) is 0 Å². The van der Waals surface area contributed by atoms with Crippen molar-refractivity contribution in [3.05, 3.63) is 40.8 Å². The summed E-state index contributed by atoms with van der Waals surface area (Å²) in [6, 6.07) is 5.51. The van der Waals surface area contributed by atoms with Gasteiger partial charge in [-0.05, 0) is 37.3 Å². The first-order valence-corrected chi connectivity index (χ1v) is 7.95. The standard InChI is InChI=1S/C12H11F3N2O2S2/c1-7-2-5-11(20-7)21(18,19)17-10-4-3-8(6-9(10)16)12(13,14)15/h2-6,17H,16H2,1H3. The monoisotopic (exact) mass is 336 g/mol. The van der Waals surface area contributed by atoms with Gasteiger partial charge < -0.3 is 5.73 Å². The summed E-state index contributed by atoms with van der Waals surface area (Å²) in [6.45, 7) is 1.75. The van der Waals surface area contributed by atoms with Crippen LogP contribution in [0, 0.1) is 6.92 Å². The maximum absolute atomic E-state index is 12.5. The van der Waals surface area contributed by atoms with Crippen molar-refractivity contribution in [3.8, 4) is 0 Å². The highest BCUT2D eigenvalue weighted by atomic mass is 32.2. The van der Waals surface area contributed by atoms with E-state index in [-0.39, 0.29) is 15.6 Å². The van der Waals surface area contributed by atoms with Crippen LogP contribution in [0.25, 0.3) is 0 Å². The van der Waals surface area contributed by atoms with Crippen molar-refractivity contribution in [1.82, 2.24) is 0 Å². The lowest BCUT2D eigenvalue weighted by Gasteiger charge is -2.12. The molecule has 0 aliphatic heterocycles. The summed E-state index contributed by atoms with van der Waals surface area (Å²) in [7, 11) is -3.86. The highest BCUT2D eigenvalue weighted by Gasteiger charge is 2.31. The molecule has 2 rings (SSSR count). The maximum Gasteiger partial charge on any atom is 0.416 e. The Morgan fingerprint density at radius 3 is 2.33 bits per heavy atom. The zero-order valence-corrected chi connectivity index (χ0v) is 12.4. The van der Waals surface area contributed by atoms with Crippen molar-refractivity contribution in [1.29, 1.82) is 0 Å². The van der Waals surface area contributed by atoms with Gasteiger partial charge in [0.15, 0.2) is 0 Å². The highest BCUT2D eigenvalue weighted by Crippen LogP contribution is 2.33. The average Bonchev–Trinajstić information content (AvgIpc) is 2.78. The molecule has 0 bridgehead atoms. The smallest absolute Gasteiger partial charge is 0.397 e. The number of halogens is 3. The predicted molar refractivity (Wildman–Crippen MR) is 75.7 cm³/mol. The number of hydrogen-bond acceptors (Lipinski definition) is 4. The Hall–Kier alpha value is -1.74. The summed E-state index contributed by atoms with van der Waals surface area (Å²) >= 11 is 1.06. The molecule has 1 aromatic heterocycles. The summed E-state index contributed by atoms with van der Waals surface area (Å²) in [5, 5.41) is 0. The molecule has 0 amide bonds. The number of alkyl halides is 3. The van der Waals surface area contributed by atoms with Crippen molar-refractivity contribution in [3.63, 3.8) is 0 Å². The molecule has 0 spiro atoms. The van der Waals surface area contributed by atoms with Crippen LogP contribution >= 0.6 is 11.3 Å². The van der Waals surface area contributed by atoms with Gasteiger partial charge in [-0.2, -0.15) is 13.2 Å². The minimum Gasteiger partial charge on any atom is -0.397 e. The number of nitrogens with two attached hydrogens (primary N) is 1. The number of aryl methyl sites for hydroxylation is 1. The molecule has 0 saturated carbocycles. The van der Waals surface area contributed by atoms with Crippen molar-refractivity contribution in [2.75, 3.05) is 10.5 Å². The molecule has 0 unspecified atom stereocenters. The third kappa shape index (κ3) is 3.48. The summed E-state index contributed by atoms with van der Waals surface area (Å²) in [5.41, 5.74) is 4.17. The molecule has 4 nitrogen and oxygen atoms in total. The molecule has 0 atom stereocenters. The van der Waals surface area contributed by atoms with Gasteiger partial charge in [-0.15, -0.1) is 11.3 Å². The van der Waals surface area contributed by atoms with E-state index >= 15 is 0 Å². The normalized spacial score (nSPS) is 12.4. The van der Waals surface area contributed by atoms with E-state index in [2.05, 4.69) is 4.72 Å². The zero-order chi connectivity index (χ0) is 15.8. The van der Waals surface area contributed by atoms with Crippen LogP contribution < -0.4 is 10.5 Å². The van der Waals surface area contributed by atoms with E-state index in [4.69, 9.17) is 5.73 Å². The Morgan fingerprint density at radius 1 is 1.19 bits per heavy atom. The van der Waals surface area contributed by atoms with E-state index in [1.807, 2.05) is 0 Å². The minimum absolute atomic E-state index is 0.0688. The van der Waals surface area contributed by atoms with Gasteiger partial charge in [-0.3, -0.25) is 4.72 Å². The molecule has 2 aromatic rings. The van der Waals surface area contributed by atoms with Crippen LogP contribution in [0.2, 0.25) is 0 Å². The number of sulfonamides is 1. The number of anilines is 2. The van der Waals surface area contributed by atoms with Crippen molar-refractivity contribution >= 4 is 32.7 Å². The zero-order valence-electron chi connectivity index (χ0n) is 10.7. The van der Waals surface area contributed by atoms with Gasteiger partial charge >= 0.3 is 6.18 Å².